The van der Waals surface area contributed by atoms with Gasteiger partial charge in [0, 0.05) is 29.6 Å². The van der Waals surface area contributed by atoms with Gasteiger partial charge in [0.1, 0.15) is 11.4 Å². The molecule has 1 amide bonds. The summed E-state index contributed by atoms with van der Waals surface area (Å²) in [6.07, 6.45) is 0. The van der Waals surface area contributed by atoms with Gasteiger partial charge in [-0.15, -0.1) is 0 Å². The van der Waals surface area contributed by atoms with E-state index in [0.717, 1.165) is 10.9 Å². The number of phenols is 1. The average molecular weight is 233 g/mol. The number of carbonyl (C=O) groups excluding carboxylic acids is 1. The maximum absolute atomic E-state index is 11.7. The van der Waals surface area contributed by atoms with Crippen molar-refractivity contribution in [2.24, 2.45) is 5.73 Å². The molecule has 5 heteroatoms. The van der Waals surface area contributed by atoms with E-state index in [0.29, 0.717) is 12.2 Å². The molecule has 1 unspecified atom stereocenters. The number of aromatic hydroxyl groups is 1. The third kappa shape index (κ3) is 2.57. The second kappa shape index (κ2) is 4.47. The van der Waals surface area contributed by atoms with Gasteiger partial charge in [0.05, 0.1) is 0 Å². The maximum atomic E-state index is 11.7. The molecule has 0 bridgehead atoms. The maximum Gasteiger partial charge on any atom is 0.267 e. The van der Waals surface area contributed by atoms with Crippen molar-refractivity contribution in [2.75, 3.05) is 6.54 Å². The number of carbonyl (C=O) groups is 1. The molecule has 17 heavy (non-hydrogen) atoms. The molecule has 1 heterocycles. The Morgan fingerprint density at radius 1 is 1.53 bits per heavy atom. The van der Waals surface area contributed by atoms with Crippen molar-refractivity contribution in [2.45, 2.75) is 13.0 Å². The summed E-state index contributed by atoms with van der Waals surface area (Å²) < 4.78 is 0. The molecule has 1 aromatic carbocycles. The SMILES string of the molecule is CC(N)CNC(=O)c1cc2ccc(O)cc2[nH]1. The highest BCUT2D eigenvalue weighted by Crippen LogP contribution is 2.20. The van der Waals surface area contributed by atoms with Gasteiger partial charge in [0.15, 0.2) is 0 Å². The van der Waals surface area contributed by atoms with Crippen LogP contribution >= 0.6 is 0 Å². The predicted molar refractivity (Wildman–Crippen MR) is 65.9 cm³/mol. The standard InChI is InChI=1S/C12H15N3O2/c1-7(13)6-14-12(17)11-4-8-2-3-9(16)5-10(8)15-11/h2-5,7,15-16H,6,13H2,1H3,(H,14,17). The molecule has 0 radical (unpaired) electrons. The Labute approximate surface area is 98.6 Å². The number of aromatic nitrogens is 1. The summed E-state index contributed by atoms with van der Waals surface area (Å²) in [7, 11) is 0. The molecule has 0 saturated heterocycles. The zero-order valence-corrected chi connectivity index (χ0v) is 9.53. The third-order valence-corrected chi connectivity index (χ3v) is 2.44. The Bertz CT molecular complexity index is 546. The van der Waals surface area contributed by atoms with Crippen LogP contribution in [0.4, 0.5) is 0 Å². The molecule has 90 valence electrons. The van der Waals surface area contributed by atoms with Crippen molar-refractivity contribution >= 4 is 16.8 Å². The Kier molecular flexibility index (Phi) is 3.01. The lowest BCUT2D eigenvalue weighted by Crippen LogP contribution is -2.35. The summed E-state index contributed by atoms with van der Waals surface area (Å²) in [6, 6.07) is 6.58. The summed E-state index contributed by atoms with van der Waals surface area (Å²) in [6.45, 7) is 2.25. The minimum atomic E-state index is -0.196. The van der Waals surface area contributed by atoms with Crippen LogP contribution in [-0.4, -0.2) is 28.6 Å². The lowest BCUT2D eigenvalue weighted by Gasteiger charge is -2.05. The van der Waals surface area contributed by atoms with Crippen LogP contribution in [0.2, 0.25) is 0 Å². The molecule has 0 aliphatic heterocycles. The molecule has 1 aromatic heterocycles. The predicted octanol–water partition coefficient (Wildman–Crippen LogP) is 0.950. The fourth-order valence-electron chi connectivity index (χ4n) is 1.59. The van der Waals surface area contributed by atoms with Crippen molar-refractivity contribution in [3.63, 3.8) is 0 Å². The van der Waals surface area contributed by atoms with Crippen LogP contribution in [0.15, 0.2) is 24.3 Å². The number of rotatable bonds is 3. The summed E-state index contributed by atoms with van der Waals surface area (Å²) in [4.78, 5) is 14.7. The van der Waals surface area contributed by atoms with Crippen molar-refractivity contribution in [1.29, 1.82) is 0 Å². The summed E-state index contributed by atoms with van der Waals surface area (Å²) in [5, 5.41) is 12.9. The van der Waals surface area contributed by atoms with Crippen molar-refractivity contribution in [1.82, 2.24) is 10.3 Å². The van der Waals surface area contributed by atoms with Gasteiger partial charge < -0.3 is 21.1 Å². The zero-order chi connectivity index (χ0) is 12.4. The van der Waals surface area contributed by atoms with E-state index in [1.165, 1.54) is 0 Å². The van der Waals surface area contributed by atoms with E-state index in [2.05, 4.69) is 10.3 Å². The number of phenolic OH excluding ortho intramolecular Hbond substituents is 1. The molecule has 0 aliphatic carbocycles. The highest BCUT2D eigenvalue weighted by atomic mass is 16.3. The Balaban J connectivity index is 2.21. The molecular weight excluding hydrogens is 218 g/mol. The lowest BCUT2D eigenvalue weighted by atomic mass is 10.2. The number of hydrogen-bond donors (Lipinski definition) is 4. The highest BCUT2D eigenvalue weighted by molar-refractivity contribution is 5.98. The van der Waals surface area contributed by atoms with E-state index in [1.54, 1.807) is 24.3 Å². The number of aromatic amines is 1. The topological polar surface area (TPSA) is 91.1 Å². The zero-order valence-electron chi connectivity index (χ0n) is 9.53. The van der Waals surface area contributed by atoms with Crippen LogP contribution < -0.4 is 11.1 Å². The molecule has 5 nitrogen and oxygen atoms in total. The van der Waals surface area contributed by atoms with Crippen LogP contribution in [0, 0.1) is 0 Å². The second-order valence-corrected chi connectivity index (χ2v) is 4.14. The van der Waals surface area contributed by atoms with E-state index >= 15 is 0 Å². The number of hydrogen-bond acceptors (Lipinski definition) is 3. The fraction of sp³-hybridized carbons (Fsp3) is 0.250. The van der Waals surface area contributed by atoms with Gasteiger partial charge >= 0.3 is 0 Å². The molecule has 0 aliphatic rings. The summed E-state index contributed by atoms with van der Waals surface area (Å²) >= 11 is 0. The monoisotopic (exact) mass is 233 g/mol. The quantitative estimate of drug-likeness (QED) is 0.636. The first kappa shape index (κ1) is 11.5. The molecule has 2 aromatic rings. The van der Waals surface area contributed by atoms with E-state index in [9.17, 15) is 9.90 Å². The van der Waals surface area contributed by atoms with E-state index in [4.69, 9.17) is 5.73 Å². The van der Waals surface area contributed by atoms with E-state index < -0.39 is 0 Å². The first-order chi connectivity index (χ1) is 8.06. The van der Waals surface area contributed by atoms with Gasteiger partial charge in [-0.1, -0.05) is 0 Å². The van der Waals surface area contributed by atoms with E-state index in [1.807, 2.05) is 6.92 Å². The number of nitrogens with two attached hydrogens (primary N) is 1. The van der Waals surface area contributed by atoms with Gasteiger partial charge in [-0.05, 0) is 25.1 Å². The Hall–Kier alpha value is -2.01. The summed E-state index contributed by atoms with van der Waals surface area (Å²) in [5.74, 6) is -0.0279. The van der Waals surface area contributed by atoms with Gasteiger partial charge in [0.25, 0.3) is 5.91 Å². The molecule has 1 atom stereocenters. The van der Waals surface area contributed by atoms with Gasteiger partial charge in [0.2, 0.25) is 0 Å². The number of nitrogens with one attached hydrogen (secondary N) is 2. The van der Waals surface area contributed by atoms with Crippen LogP contribution in [0.3, 0.4) is 0 Å². The molecule has 0 saturated carbocycles. The molecule has 0 fully saturated rings. The molecule has 5 N–H and O–H groups in total. The molecule has 0 spiro atoms. The minimum absolute atomic E-state index is 0.0765. The first-order valence-corrected chi connectivity index (χ1v) is 5.42. The van der Waals surface area contributed by atoms with Gasteiger partial charge in [-0.2, -0.15) is 0 Å². The number of benzene rings is 1. The van der Waals surface area contributed by atoms with Crippen molar-refractivity contribution < 1.29 is 9.90 Å². The Morgan fingerprint density at radius 2 is 2.29 bits per heavy atom. The second-order valence-electron chi connectivity index (χ2n) is 4.14. The van der Waals surface area contributed by atoms with Crippen LogP contribution in [0.5, 0.6) is 5.75 Å². The average Bonchev–Trinajstić information content (AvgIpc) is 2.68. The number of H-pyrrole nitrogens is 1. The van der Waals surface area contributed by atoms with E-state index in [-0.39, 0.29) is 17.7 Å². The largest absolute Gasteiger partial charge is 0.508 e. The third-order valence-electron chi connectivity index (χ3n) is 2.44. The highest BCUT2D eigenvalue weighted by Gasteiger charge is 2.09. The van der Waals surface area contributed by atoms with Gasteiger partial charge in [-0.3, -0.25) is 4.79 Å². The number of fused-ring (bicyclic) bond motifs is 1. The van der Waals surface area contributed by atoms with Crippen LogP contribution in [-0.2, 0) is 0 Å². The molecular formula is C12H15N3O2. The molecule has 2 rings (SSSR count). The van der Waals surface area contributed by atoms with Crippen molar-refractivity contribution in [3.8, 4) is 5.75 Å². The summed E-state index contributed by atoms with van der Waals surface area (Å²) in [5.41, 5.74) is 6.75. The smallest absolute Gasteiger partial charge is 0.267 e. The minimum Gasteiger partial charge on any atom is -0.508 e. The van der Waals surface area contributed by atoms with Crippen molar-refractivity contribution in [3.05, 3.63) is 30.0 Å². The lowest BCUT2D eigenvalue weighted by molar-refractivity contribution is 0.0947. The Morgan fingerprint density at radius 3 is 3.00 bits per heavy atom. The first-order valence-electron chi connectivity index (χ1n) is 5.42. The normalized spacial score (nSPS) is 12.6. The fourth-order valence-corrected chi connectivity index (χ4v) is 1.59. The van der Waals surface area contributed by atoms with Crippen LogP contribution in [0.25, 0.3) is 10.9 Å². The number of amides is 1. The van der Waals surface area contributed by atoms with Crippen LogP contribution in [0.1, 0.15) is 17.4 Å². The van der Waals surface area contributed by atoms with Gasteiger partial charge in [-0.25, -0.2) is 0 Å².